The molecule has 0 radical (unpaired) electrons. The van der Waals surface area contributed by atoms with Crippen molar-refractivity contribution in [2.75, 3.05) is 19.8 Å². The van der Waals surface area contributed by atoms with E-state index in [-0.39, 0.29) is 12.5 Å². The van der Waals surface area contributed by atoms with Gasteiger partial charge < -0.3 is 15.2 Å². The monoisotopic (exact) mass is 347 g/mol. The number of nitrogens with one attached hydrogen (secondary N) is 1. The Morgan fingerprint density at radius 2 is 2.16 bits per heavy atom. The Bertz CT molecular complexity index is 475. The Morgan fingerprint density at radius 1 is 1.47 bits per heavy atom. The van der Waals surface area contributed by atoms with Gasteiger partial charge in [-0.15, -0.1) is 0 Å². The molecule has 1 fully saturated rings. The smallest absolute Gasteiger partial charge is 0.252 e. The number of amides is 1. The number of hydrogen-bond acceptors (Lipinski definition) is 3. The number of carbonyl (C=O) groups excluding carboxylic acids is 1. The van der Waals surface area contributed by atoms with Crippen LogP contribution in [0, 0.1) is 0 Å². The fourth-order valence-corrected chi connectivity index (χ4v) is 2.93. The molecule has 1 aliphatic heterocycles. The molecule has 1 aromatic rings. The largest absolute Gasteiger partial charge is 0.394 e. The fourth-order valence-electron chi connectivity index (χ4n) is 2.07. The predicted molar refractivity (Wildman–Crippen MR) is 76.5 cm³/mol. The van der Waals surface area contributed by atoms with Crippen molar-refractivity contribution in [1.82, 2.24) is 5.32 Å². The van der Waals surface area contributed by atoms with Crippen LogP contribution in [0.25, 0.3) is 0 Å². The van der Waals surface area contributed by atoms with E-state index in [1.54, 1.807) is 18.2 Å². The van der Waals surface area contributed by atoms with Crippen LogP contribution < -0.4 is 5.32 Å². The maximum atomic E-state index is 12.3. The van der Waals surface area contributed by atoms with Gasteiger partial charge in [-0.3, -0.25) is 4.79 Å². The molecule has 2 rings (SSSR count). The number of hydrogen-bond donors (Lipinski definition) is 2. The third-order valence-electron chi connectivity index (χ3n) is 3.31. The van der Waals surface area contributed by atoms with Crippen LogP contribution in [-0.2, 0) is 4.74 Å². The standard InChI is InChI=1S/C13H15BrClNO3/c14-11-7-9(15)1-2-10(11)12(18)16-13(8-17)3-5-19-6-4-13/h1-2,7,17H,3-6,8H2,(H,16,18). The molecule has 1 aromatic carbocycles. The molecule has 19 heavy (non-hydrogen) atoms. The molecule has 2 N–H and O–H groups in total. The number of aliphatic hydroxyl groups excluding tert-OH is 1. The topological polar surface area (TPSA) is 58.6 Å². The van der Waals surface area contributed by atoms with E-state index in [9.17, 15) is 9.90 Å². The Hall–Kier alpha value is -0.620. The molecule has 6 heteroatoms. The molecule has 1 heterocycles. The zero-order chi connectivity index (χ0) is 13.9. The highest BCUT2D eigenvalue weighted by molar-refractivity contribution is 9.10. The van der Waals surface area contributed by atoms with Crippen molar-refractivity contribution in [3.63, 3.8) is 0 Å². The first-order valence-corrected chi connectivity index (χ1v) is 7.20. The van der Waals surface area contributed by atoms with Crippen LogP contribution in [0.4, 0.5) is 0 Å². The summed E-state index contributed by atoms with van der Waals surface area (Å²) in [7, 11) is 0. The maximum absolute atomic E-state index is 12.3. The van der Waals surface area contributed by atoms with Crippen LogP contribution in [0.2, 0.25) is 5.02 Å². The number of benzene rings is 1. The lowest BCUT2D eigenvalue weighted by Gasteiger charge is -2.36. The van der Waals surface area contributed by atoms with E-state index >= 15 is 0 Å². The first-order chi connectivity index (χ1) is 9.06. The highest BCUT2D eigenvalue weighted by Gasteiger charge is 2.34. The molecule has 1 saturated heterocycles. The summed E-state index contributed by atoms with van der Waals surface area (Å²) in [5.74, 6) is -0.223. The SMILES string of the molecule is O=C(NC1(CO)CCOCC1)c1ccc(Cl)cc1Br. The van der Waals surface area contributed by atoms with Crippen LogP contribution in [0.3, 0.4) is 0 Å². The van der Waals surface area contributed by atoms with Crippen LogP contribution in [0.15, 0.2) is 22.7 Å². The second kappa shape index (κ2) is 6.22. The Kier molecular flexibility index (Phi) is 4.84. The molecule has 1 amide bonds. The zero-order valence-corrected chi connectivity index (χ0v) is 12.6. The lowest BCUT2D eigenvalue weighted by molar-refractivity contribution is 0.0125. The van der Waals surface area contributed by atoms with E-state index in [1.165, 1.54) is 0 Å². The van der Waals surface area contributed by atoms with Gasteiger partial charge in [0.05, 0.1) is 17.7 Å². The minimum absolute atomic E-state index is 0.0900. The van der Waals surface area contributed by atoms with E-state index in [1.807, 2.05) is 0 Å². The summed E-state index contributed by atoms with van der Waals surface area (Å²) in [5.41, 5.74) is -0.0854. The lowest BCUT2D eigenvalue weighted by atomic mass is 9.90. The molecule has 0 aliphatic carbocycles. The third-order valence-corrected chi connectivity index (χ3v) is 4.20. The molecule has 1 aliphatic rings. The Labute approximate surface area is 125 Å². The normalized spacial score (nSPS) is 18.1. The van der Waals surface area contributed by atoms with Gasteiger partial charge in [-0.25, -0.2) is 0 Å². The molecule has 0 aromatic heterocycles. The predicted octanol–water partition coefficient (Wildman–Crippen LogP) is 2.37. The minimum Gasteiger partial charge on any atom is -0.394 e. The van der Waals surface area contributed by atoms with Gasteiger partial charge in [0.1, 0.15) is 0 Å². The van der Waals surface area contributed by atoms with Gasteiger partial charge >= 0.3 is 0 Å². The molecular weight excluding hydrogens is 334 g/mol. The molecular formula is C13H15BrClNO3. The molecule has 4 nitrogen and oxygen atoms in total. The Balaban J connectivity index is 2.15. The van der Waals surface area contributed by atoms with Gasteiger partial charge in [0, 0.05) is 22.7 Å². The van der Waals surface area contributed by atoms with Crippen molar-refractivity contribution < 1.29 is 14.6 Å². The van der Waals surface area contributed by atoms with E-state index < -0.39 is 5.54 Å². The summed E-state index contributed by atoms with van der Waals surface area (Å²) in [6, 6.07) is 5.00. The summed E-state index contributed by atoms with van der Waals surface area (Å²) >= 11 is 9.17. The molecule has 0 unspecified atom stereocenters. The lowest BCUT2D eigenvalue weighted by Crippen LogP contribution is -2.54. The summed E-state index contributed by atoms with van der Waals surface area (Å²) in [5, 5.41) is 13.0. The summed E-state index contributed by atoms with van der Waals surface area (Å²) in [6.07, 6.45) is 1.22. The van der Waals surface area contributed by atoms with Crippen LogP contribution >= 0.6 is 27.5 Å². The first kappa shape index (κ1) is 14.8. The number of ether oxygens (including phenoxy) is 1. The average molecular weight is 349 g/mol. The summed E-state index contributed by atoms with van der Waals surface area (Å²) in [4.78, 5) is 12.3. The van der Waals surface area contributed by atoms with Crippen molar-refractivity contribution in [3.05, 3.63) is 33.3 Å². The van der Waals surface area contributed by atoms with Gasteiger partial charge in [0.15, 0.2) is 0 Å². The van der Waals surface area contributed by atoms with E-state index in [0.29, 0.717) is 41.1 Å². The van der Waals surface area contributed by atoms with E-state index in [0.717, 1.165) is 0 Å². The number of carbonyl (C=O) groups is 1. The minimum atomic E-state index is -0.589. The van der Waals surface area contributed by atoms with Crippen molar-refractivity contribution in [1.29, 1.82) is 0 Å². The van der Waals surface area contributed by atoms with Gasteiger partial charge in [-0.05, 0) is 47.0 Å². The fraction of sp³-hybridized carbons (Fsp3) is 0.462. The molecule has 0 saturated carbocycles. The highest BCUT2D eigenvalue weighted by atomic mass is 79.9. The van der Waals surface area contributed by atoms with Crippen LogP contribution in [0.1, 0.15) is 23.2 Å². The van der Waals surface area contributed by atoms with Gasteiger partial charge in [-0.1, -0.05) is 11.6 Å². The highest BCUT2D eigenvalue weighted by Crippen LogP contribution is 2.24. The molecule has 104 valence electrons. The first-order valence-electron chi connectivity index (χ1n) is 6.02. The third kappa shape index (κ3) is 3.48. The van der Waals surface area contributed by atoms with E-state index in [4.69, 9.17) is 16.3 Å². The quantitative estimate of drug-likeness (QED) is 0.882. The van der Waals surface area contributed by atoms with E-state index in [2.05, 4.69) is 21.2 Å². The van der Waals surface area contributed by atoms with Crippen LogP contribution in [0.5, 0.6) is 0 Å². The van der Waals surface area contributed by atoms with Gasteiger partial charge in [0.25, 0.3) is 5.91 Å². The van der Waals surface area contributed by atoms with Crippen LogP contribution in [-0.4, -0.2) is 36.4 Å². The molecule has 0 spiro atoms. The second-order valence-corrected chi connectivity index (χ2v) is 5.92. The van der Waals surface area contributed by atoms with Gasteiger partial charge in [-0.2, -0.15) is 0 Å². The van der Waals surface area contributed by atoms with Crippen molar-refractivity contribution in [2.45, 2.75) is 18.4 Å². The molecule has 0 atom stereocenters. The van der Waals surface area contributed by atoms with Crippen molar-refractivity contribution >= 4 is 33.4 Å². The number of rotatable bonds is 3. The maximum Gasteiger partial charge on any atom is 0.252 e. The second-order valence-electron chi connectivity index (χ2n) is 4.63. The van der Waals surface area contributed by atoms with Crippen molar-refractivity contribution in [3.8, 4) is 0 Å². The number of aliphatic hydroxyl groups is 1. The van der Waals surface area contributed by atoms with Gasteiger partial charge in [0.2, 0.25) is 0 Å². The Morgan fingerprint density at radius 3 is 2.74 bits per heavy atom. The number of halogens is 2. The summed E-state index contributed by atoms with van der Waals surface area (Å²) < 4.78 is 5.90. The zero-order valence-electron chi connectivity index (χ0n) is 10.3. The van der Waals surface area contributed by atoms with Crippen molar-refractivity contribution in [2.24, 2.45) is 0 Å². The molecule has 0 bridgehead atoms. The average Bonchev–Trinajstić information content (AvgIpc) is 2.39. The summed E-state index contributed by atoms with van der Waals surface area (Å²) in [6.45, 7) is 0.999.